The van der Waals surface area contributed by atoms with Crippen LogP contribution in [0.5, 0.6) is 0 Å². The Hall–Kier alpha value is -2.61. The van der Waals surface area contributed by atoms with E-state index in [0.717, 1.165) is 0 Å². The molecule has 2 rings (SSSR count). The first kappa shape index (κ1) is 10.9. The molecule has 5 heteroatoms. The fraction of sp³-hybridized carbons (Fsp3) is 0.0833. The molecule has 0 N–H and O–H groups in total. The molecule has 5 nitrogen and oxygen atoms in total. The fourth-order valence-electron chi connectivity index (χ4n) is 1.37. The summed E-state index contributed by atoms with van der Waals surface area (Å²) in [6, 6.07) is 5.22. The second-order valence-electron chi connectivity index (χ2n) is 3.23. The molecule has 0 fully saturated rings. The number of nitriles is 1. The molecule has 84 valence electrons. The summed E-state index contributed by atoms with van der Waals surface area (Å²) in [7, 11) is 1.31. The Labute approximate surface area is 97.3 Å². The van der Waals surface area contributed by atoms with E-state index in [9.17, 15) is 4.79 Å². The predicted octanol–water partition coefficient (Wildman–Crippen LogP) is 2.00. The third-order valence-corrected chi connectivity index (χ3v) is 2.24. The predicted molar refractivity (Wildman–Crippen MR) is 58.0 cm³/mol. The Kier molecular flexibility index (Phi) is 2.88. The van der Waals surface area contributed by atoms with Gasteiger partial charge in [0.2, 0.25) is 0 Å². The van der Waals surface area contributed by atoms with Crippen molar-refractivity contribution in [3.63, 3.8) is 0 Å². The van der Waals surface area contributed by atoms with Crippen molar-refractivity contribution in [3.8, 4) is 17.3 Å². The normalized spacial score (nSPS) is 9.65. The van der Waals surface area contributed by atoms with Gasteiger partial charge >= 0.3 is 5.97 Å². The standard InChI is InChI=1S/C12H8N2O3/c1-16-12(15)8-2-3-11(14-5-8)10-7-17-6-9(10)4-13/h2-3,5-7H,1H3. The molecule has 2 aromatic rings. The average molecular weight is 228 g/mol. The van der Waals surface area contributed by atoms with E-state index in [1.807, 2.05) is 6.07 Å². The van der Waals surface area contributed by atoms with Gasteiger partial charge in [-0.2, -0.15) is 5.26 Å². The summed E-state index contributed by atoms with van der Waals surface area (Å²) in [6.45, 7) is 0. The maximum absolute atomic E-state index is 11.2. The van der Waals surface area contributed by atoms with Crippen LogP contribution in [0.2, 0.25) is 0 Å². The zero-order valence-electron chi connectivity index (χ0n) is 9.01. The average Bonchev–Trinajstić information content (AvgIpc) is 2.86. The SMILES string of the molecule is COC(=O)c1ccc(-c2cocc2C#N)nc1. The largest absolute Gasteiger partial charge is 0.470 e. The lowest BCUT2D eigenvalue weighted by atomic mass is 10.1. The van der Waals surface area contributed by atoms with E-state index in [2.05, 4.69) is 9.72 Å². The van der Waals surface area contributed by atoms with Crippen LogP contribution >= 0.6 is 0 Å². The number of pyridine rings is 1. The smallest absolute Gasteiger partial charge is 0.339 e. The molecule has 0 saturated carbocycles. The van der Waals surface area contributed by atoms with E-state index in [1.165, 1.54) is 25.8 Å². The molecule has 0 unspecified atom stereocenters. The lowest BCUT2D eigenvalue weighted by Crippen LogP contribution is -2.01. The van der Waals surface area contributed by atoms with Crippen molar-refractivity contribution < 1.29 is 13.9 Å². The third kappa shape index (κ3) is 2.01. The van der Waals surface area contributed by atoms with Crippen molar-refractivity contribution in [1.82, 2.24) is 4.98 Å². The lowest BCUT2D eigenvalue weighted by molar-refractivity contribution is 0.0600. The number of methoxy groups -OCH3 is 1. The van der Waals surface area contributed by atoms with Gasteiger partial charge in [-0.25, -0.2) is 4.79 Å². The van der Waals surface area contributed by atoms with Crippen molar-refractivity contribution in [3.05, 3.63) is 42.0 Å². The van der Waals surface area contributed by atoms with Gasteiger partial charge in [0.15, 0.2) is 0 Å². The Bertz CT molecular complexity index is 579. The summed E-state index contributed by atoms with van der Waals surface area (Å²) in [4.78, 5) is 15.3. The summed E-state index contributed by atoms with van der Waals surface area (Å²) >= 11 is 0. The van der Waals surface area contributed by atoms with Gasteiger partial charge < -0.3 is 9.15 Å². The van der Waals surface area contributed by atoms with Crippen LogP contribution < -0.4 is 0 Å². The Morgan fingerprint density at radius 1 is 1.47 bits per heavy atom. The number of carbonyl (C=O) groups is 1. The number of furan rings is 1. The van der Waals surface area contributed by atoms with Crippen LogP contribution in [0.4, 0.5) is 0 Å². The Morgan fingerprint density at radius 2 is 2.29 bits per heavy atom. The van der Waals surface area contributed by atoms with Crippen LogP contribution in [-0.2, 0) is 4.74 Å². The minimum atomic E-state index is -0.447. The van der Waals surface area contributed by atoms with Crippen LogP contribution in [0.3, 0.4) is 0 Å². The molecule has 0 aliphatic heterocycles. The second-order valence-corrected chi connectivity index (χ2v) is 3.23. The van der Waals surface area contributed by atoms with Crippen LogP contribution in [0, 0.1) is 11.3 Å². The molecule has 2 aromatic heterocycles. The maximum Gasteiger partial charge on any atom is 0.339 e. The van der Waals surface area contributed by atoms with Gasteiger partial charge in [0.1, 0.15) is 18.6 Å². The highest BCUT2D eigenvalue weighted by atomic mass is 16.5. The summed E-state index contributed by atoms with van der Waals surface area (Å²) in [5.41, 5.74) is 1.94. The quantitative estimate of drug-likeness (QED) is 0.734. The number of ether oxygens (including phenoxy) is 1. The second kappa shape index (κ2) is 4.49. The number of aromatic nitrogens is 1. The minimum absolute atomic E-state index is 0.359. The van der Waals surface area contributed by atoms with E-state index in [1.54, 1.807) is 12.1 Å². The zero-order valence-corrected chi connectivity index (χ0v) is 9.01. The summed E-state index contributed by atoms with van der Waals surface area (Å²) < 4.78 is 9.50. The molecule has 0 spiro atoms. The van der Waals surface area contributed by atoms with Crippen LogP contribution in [-0.4, -0.2) is 18.1 Å². The topological polar surface area (TPSA) is 76.1 Å². The van der Waals surface area contributed by atoms with Crippen LogP contribution in [0.15, 0.2) is 35.3 Å². The first-order valence-corrected chi connectivity index (χ1v) is 4.77. The monoisotopic (exact) mass is 228 g/mol. The third-order valence-electron chi connectivity index (χ3n) is 2.24. The van der Waals surface area contributed by atoms with E-state index >= 15 is 0 Å². The van der Waals surface area contributed by atoms with Gasteiger partial charge in [0.25, 0.3) is 0 Å². The van der Waals surface area contributed by atoms with Gasteiger partial charge in [-0.3, -0.25) is 4.98 Å². The summed E-state index contributed by atoms with van der Waals surface area (Å²) in [5, 5.41) is 8.84. The molecular formula is C12H8N2O3. The first-order valence-electron chi connectivity index (χ1n) is 4.77. The molecule has 0 saturated heterocycles. The molecular weight excluding hydrogens is 220 g/mol. The number of hydrogen-bond donors (Lipinski definition) is 0. The highest BCUT2D eigenvalue weighted by Gasteiger charge is 2.10. The molecule has 0 aromatic carbocycles. The van der Waals surface area contributed by atoms with Crippen molar-refractivity contribution >= 4 is 5.97 Å². The molecule has 0 aliphatic carbocycles. The molecule has 0 atom stereocenters. The van der Waals surface area contributed by atoms with Crippen LogP contribution in [0.25, 0.3) is 11.3 Å². The van der Waals surface area contributed by atoms with Crippen molar-refractivity contribution in [1.29, 1.82) is 5.26 Å². The van der Waals surface area contributed by atoms with E-state index in [0.29, 0.717) is 22.4 Å². The van der Waals surface area contributed by atoms with Gasteiger partial charge in [-0.1, -0.05) is 0 Å². The van der Waals surface area contributed by atoms with Crippen LogP contribution in [0.1, 0.15) is 15.9 Å². The molecule has 0 aliphatic rings. The number of carbonyl (C=O) groups excluding carboxylic acids is 1. The number of hydrogen-bond acceptors (Lipinski definition) is 5. The lowest BCUT2D eigenvalue weighted by Gasteiger charge is -2.00. The van der Waals surface area contributed by atoms with Gasteiger partial charge in [-0.05, 0) is 12.1 Å². The molecule has 2 heterocycles. The van der Waals surface area contributed by atoms with E-state index < -0.39 is 5.97 Å². The first-order chi connectivity index (χ1) is 8.26. The van der Waals surface area contributed by atoms with E-state index in [-0.39, 0.29) is 0 Å². The van der Waals surface area contributed by atoms with Crippen molar-refractivity contribution in [2.45, 2.75) is 0 Å². The Balaban J connectivity index is 2.37. The highest BCUT2D eigenvalue weighted by molar-refractivity contribution is 5.89. The summed E-state index contributed by atoms with van der Waals surface area (Å²) in [6.07, 6.45) is 4.19. The molecule has 17 heavy (non-hydrogen) atoms. The molecule has 0 bridgehead atoms. The molecule has 0 radical (unpaired) electrons. The number of rotatable bonds is 2. The fourth-order valence-corrected chi connectivity index (χ4v) is 1.37. The van der Waals surface area contributed by atoms with Gasteiger partial charge in [-0.15, -0.1) is 0 Å². The Morgan fingerprint density at radius 3 is 2.88 bits per heavy atom. The highest BCUT2D eigenvalue weighted by Crippen LogP contribution is 2.22. The summed E-state index contributed by atoms with van der Waals surface area (Å²) in [5.74, 6) is -0.447. The van der Waals surface area contributed by atoms with Gasteiger partial charge in [0.05, 0.1) is 29.5 Å². The zero-order chi connectivity index (χ0) is 12.3. The van der Waals surface area contributed by atoms with Gasteiger partial charge in [0, 0.05) is 6.20 Å². The number of nitrogens with zero attached hydrogens (tertiary/aromatic N) is 2. The minimum Gasteiger partial charge on any atom is -0.470 e. The van der Waals surface area contributed by atoms with Crippen molar-refractivity contribution in [2.75, 3.05) is 7.11 Å². The maximum atomic E-state index is 11.2. The van der Waals surface area contributed by atoms with E-state index in [4.69, 9.17) is 9.68 Å². The van der Waals surface area contributed by atoms with Crippen molar-refractivity contribution in [2.24, 2.45) is 0 Å². The number of esters is 1. The molecule has 0 amide bonds.